The highest BCUT2D eigenvalue weighted by Gasteiger charge is 2.09. The van der Waals surface area contributed by atoms with Crippen molar-refractivity contribution in [3.63, 3.8) is 0 Å². The van der Waals surface area contributed by atoms with Gasteiger partial charge in [-0.05, 0) is 67.4 Å². The number of pyridine rings is 1. The van der Waals surface area contributed by atoms with E-state index < -0.39 is 0 Å². The van der Waals surface area contributed by atoms with Gasteiger partial charge in [0, 0.05) is 23.3 Å². The molecule has 0 aliphatic carbocycles. The lowest BCUT2D eigenvalue weighted by Gasteiger charge is -2.09. The molecule has 0 fully saturated rings. The highest BCUT2D eigenvalue weighted by Crippen LogP contribution is 2.19. The molecule has 0 atom stereocenters. The Morgan fingerprint density at radius 3 is 2.30 bits per heavy atom. The summed E-state index contributed by atoms with van der Waals surface area (Å²) in [6, 6.07) is 19.1. The zero-order valence-electron chi connectivity index (χ0n) is 15.5. The van der Waals surface area contributed by atoms with E-state index in [9.17, 15) is 4.79 Å². The molecule has 5 heteroatoms. The van der Waals surface area contributed by atoms with Crippen LogP contribution < -0.4 is 15.4 Å². The van der Waals surface area contributed by atoms with Gasteiger partial charge in [-0.1, -0.05) is 19.1 Å². The van der Waals surface area contributed by atoms with Gasteiger partial charge in [-0.25, -0.2) is 0 Å². The number of carbonyl (C=O) groups is 1. The van der Waals surface area contributed by atoms with Crippen LogP contribution in [0.3, 0.4) is 0 Å². The maximum atomic E-state index is 12.5. The fourth-order valence-corrected chi connectivity index (χ4v) is 2.62. The smallest absolute Gasteiger partial charge is 0.274 e. The van der Waals surface area contributed by atoms with Crippen molar-refractivity contribution in [1.82, 2.24) is 4.98 Å². The predicted molar refractivity (Wildman–Crippen MR) is 109 cm³/mol. The minimum atomic E-state index is -0.260. The summed E-state index contributed by atoms with van der Waals surface area (Å²) in [5, 5.41) is 6.15. The van der Waals surface area contributed by atoms with Gasteiger partial charge < -0.3 is 15.4 Å². The third kappa shape index (κ3) is 5.07. The fourth-order valence-electron chi connectivity index (χ4n) is 2.62. The van der Waals surface area contributed by atoms with E-state index >= 15 is 0 Å². The van der Waals surface area contributed by atoms with Crippen LogP contribution in [-0.4, -0.2) is 17.5 Å². The number of nitrogens with one attached hydrogen (secondary N) is 2. The van der Waals surface area contributed by atoms with Crippen LogP contribution >= 0.6 is 0 Å². The monoisotopic (exact) mass is 361 g/mol. The zero-order chi connectivity index (χ0) is 19.1. The molecule has 1 aromatic heterocycles. The minimum absolute atomic E-state index is 0.260. The number of carbonyl (C=O) groups excluding carboxylic acids is 1. The zero-order valence-corrected chi connectivity index (χ0v) is 15.5. The lowest BCUT2D eigenvalue weighted by Crippen LogP contribution is -2.13. The molecule has 0 saturated heterocycles. The molecule has 0 bridgehead atoms. The molecule has 1 heterocycles. The molecule has 0 aliphatic heterocycles. The number of hydrogen-bond donors (Lipinski definition) is 2. The first-order valence-corrected chi connectivity index (χ1v) is 9.04. The first kappa shape index (κ1) is 18.5. The first-order valence-electron chi connectivity index (χ1n) is 9.04. The van der Waals surface area contributed by atoms with Gasteiger partial charge in [0.05, 0.1) is 6.61 Å². The molecule has 138 valence electrons. The molecule has 0 spiro atoms. The number of anilines is 3. The van der Waals surface area contributed by atoms with Crippen molar-refractivity contribution < 1.29 is 9.53 Å². The quantitative estimate of drug-likeness (QED) is 0.619. The highest BCUT2D eigenvalue weighted by atomic mass is 16.5. The van der Waals surface area contributed by atoms with Gasteiger partial charge >= 0.3 is 0 Å². The molecule has 5 nitrogen and oxygen atoms in total. The Bertz CT molecular complexity index is 890. The van der Waals surface area contributed by atoms with E-state index in [1.165, 1.54) is 5.56 Å². The molecule has 0 saturated carbocycles. The Morgan fingerprint density at radius 1 is 0.926 bits per heavy atom. The van der Waals surface area contributed by atoms with E-state index in [4.69, 9.17) is 4.74 Å². The van der Waals surface area contributed by atoms with E-state index in [2.05, 4.69) is 34.7 Å². The number of ether oxygens (including phenoxy) is 1. The number of rotatable bonds is 7. The molecule has 2 aromatic carbocycles. The van der Waals surface area contributed by atoms with Crippen LogP contribution in [0.15, 0.2) is 66.9 Å². The van der Waals surface area contributed by atoms with Crippen molar-refractivity contribution in [3.8, 4) is 5.75 Å². The number of aromatic nitrogens is 1. The molecule has 0 aliphatic rings. The number of aryl methyl sites for hydroxylation is 1. The molecule has 3 aromatic rings. The summed E-state index contributed by atoms with van der Waals surface area (Å²) >= 11 is 0. The third-order valence-corrected chi connectivity index (χ3v) is 4.07. The van der Waals surface area contributed by atoms with Crippen molar-refractivity contribution >= 4 is 23.0 Å². The van der Waals surface area contributed by atoms with E-state index in [1.54, 1.807) is 24.4 Å². The maximum Gasteiger partial charge on any atom is 0.274 e. The first-order chi connectivity index (χ1) is 13.2. The van der Waals surface area contributed by atoms with Crippen LogP contribution in [0, 0.1) is 0 Å². The predicted octanol–water partition coefficient (Wildman–Crippen LogP) is 5.04. The van der Waals surface area contributed by atoms with Crippen LogP contribution in [-0.2, 0) is 6.42 Å². The topological polar surface area (TPSA) is 63.2 Å². The van der Waals surface area contributed by atoms with Crippen LogP contribution in [0.4, 0.5) is 17.1 Å². The van der Waals surface area contributed by atoms with Crippen molar-refractivity contribution in [1.29, 1.82) is 0 Å². The van der Waals surface area contributed by atoms with Crippen LogP contribution in [0.5, 0.6) is 5.75 Å². The summed E-state index contributed by atoms with van der Waals surface area (Å²) < 4.78 is 5.40. The second kappa shape index (κ2) is 8.85. The van der Waals surface area contributed by atoms with Gasteiger partial charge in [-0.3, -0.25) is 9.78 Å². The summed E-state index contributed by atoms with van der Waals surface area (Å²) in [6.07, 6.45) is 2.63. The molecule has 2 N–H and O–H groups in total. The van der Waals surface area contributed by atoms with E-state index in [1.807, 2.05) is 37.3 Å². The molecule has 0 unspecified atom stereocenters. The molecular formula is C22H23N3O2. The van der Waals surface area contributed by atoms with Crippen molar-refractivity contribution in [2.75, 3.05) is 17.2 Å². The van der Waals surface area contributed by atoms with Crippen molar-refractivity contribution in [2.45, 2.75) is 20.3 Å². The van der Waals surface area contributed by atoms with Crippen molar-refractivity contribution in [3.05, 3.63) is 78.1 Å². The van der Waals surface area contributed by atoms with Crippen LogP contribution in [0.25, 0.3) is 0 Å². The lowest BCUT2D eigenvalue weighted by atomic mass is 10.1. The Hall–Kier alpha value is -3.34. The Balaban J connectivity index is 1.67. The van der Waals surface area contributed by atoms with Gasteiger partial charge in [0.25, 0.3) is 5.91 Å². The van der Waals surface area contributed by atoms with E-state index in [0.29, 0.717) is 18.0 Å². The van der Waals surface area contributed by atoms with Gasteiger partial charge in [-0.2, -0.15) is 0 Å². The van der Waals surface area contributed by atoms with Crippen LogP contribution in [0.1, 0.15) is 29.9 Å². The SMILES string of the molecule is CCOc1ccc(NC(=O)c2cc(Nc3ccc(CC)cc3)ccn2)cc1. The molecular weight excluding hydrogens is 338 g/mol. The molecule has 3 rings (SSSR count). The van der Waals surface area contributed by atoms with E-state index in [-0.39, 0.29) is 5.91 Å². The summed E-state index contributed by atoms with van der Waals surface area (Å²) in [6.45, 7) is 4.66. The second-order valence-electron chi connectivity index (χ2n) is 6.02. The highest BCUT2D eigenvalue weighted by molar-refractivity contribution is 6.03. The Kier molecular flexibility index (Phi) is 6.05. The standard InChI is InChI=1S/C22H23N3O2/c1-3-16-5-7-17(8-6-16)24-19-13-14-23-21(15-19)22(26)25-18-9-11-20(12-10-18)27-4-2/h5-15H,3-4H2,1-2H3,(H,23,24)(H,25,26). The Labute approximate surface area is 159 Å². The van der Waals surface area contributed by atoms with Gasteiger partial charge in [0.2, 0.25) is 0 Å². The second-order valence-corrected chi connectivity index (χ2v) is 6.02. The summed E-state index contributed by atoms with van der Waals surface area (Å²) in [4.78, 5) is 16.7. The van der Waals surface area contributed by atoms with Crippen molar-refractivity contribution in [2.24, 2.45) is 0 Å². The largest absolute Gasteiger partial charge is 0.494 e. The maximum absolute atomic E-state index is 12.5. The summed E-state index contributed by atoms with van der Waals surface area (Å²) in [5.74, 6) is 0.512. The third-order valence-electron chi connectivity index (χ3n) is 4.07. The number of amides is 1. The average molecular weight is 361 g/mol. The lowest BCUT2D eigenvalue weighted by molar-refractivity contribution is 0.102. The van der Waals surface area contributed by atoms with Gasteiger partial charge in [-0.15, -0.1) is 0 Å². The fraction of sp³-hybridized carbons (Fsp3) is 0.182. The number of hydrogen-bond acceptors (Lipinski definition) is 4. The number of nitrogens with zero attached hydrogens (tertiary/aromatic N) is 1. The molecule has 1 amide bonds. The van der Waals surface area contributed by atoms with E-state index in [0.717, 1.165) is 23.5 Å². The average Bonchev–Trinajstić information content (AvgIpc) is 2.70. The summed E-state index contributed by atoms with van der Waals surface area (Å²) in [5.41, 5.74) is 4.10. The number of benzene rings is 2. The van der Waals surface area contributed by atoms with Crippen LogP contribution in [0.2, 0.25) is 0 Å². The normalized spacial score (nSPS) is 10.3. The van der Waals surface area contributed by atoms with Gasteiger partial charge in [0.1, 0.15) is 11.4 Å². The summed E-state index contributed by atoms with van der Waals surface area (Å²) in [7, 11) is 0. The minimum Gasteiger partial charge on any atom is -0.494 e. The molecule has 0 radical (unpaired) electrons. The molecule has 27 heavy (non-hydrogen) atoms. The Morgan fingerprint density at radius 2 is 1.63 bits per heavy atom. The van der Waals surface area contributed by atoms with Gasteiger partial charge in [0.15, 0.2) is 0 Å².